The maximum absolute atomic E-state index is 11.8. The van der Waals surface area contributed by atoms with Crippen molar-refractivity contribution in [2.24, 2.45) is 0 Å². The minimum atomic E-state index is -0.676. The summed E-state index contributed by atoms with van der Waals surface area (Å²) in [5.41, 5.74) is 3.66. The molecule has 5 nitrogen and oxygen atoms in total. The number of ether oxygens (including phenoxy) is 1. The van der Waals surface area contributed by atoms with Crippen molar-refractivity contribution in [1.82, 2.24) is 5.32 Å². The van der Waals surface area contributed by atoms with Crippen molar-refractivity contribution in [2.45, 2.75) is 34.2 Å². The van der Waals surface area contributed by atoms with Crippen LogP contribution < -0.4 is 10.2 Å². The topological polar surface area (TPSA) is 59.8 Å². The smallest absolute Gasteiger partial charge is 0.414 e. The first kappa shape index (κ1) is 17.2. The standard InChI is InChI=1S/C16H24N2O3/c1-5-18(11-15(19)17-16(20)21-6-2)10-14-9-12(3)7-8-13(14)4/h7-9H,5-6,10-11H2,1-4H3,(H,17,19,20)/p+1. The van der Waals surface area contributed by atoms with E-state index in [9.17, 15) is 9.59 Å². The second-order valence-corrected chi connectivity index (χ2v) is 5.16. The van der Waals surface area contributed by atoms with Gasteiger partial charge in [-0.2, -0.15) is 0 Å². The third-order valence-corrected chi connectivity index (χ3v) is 3.37. The number of benzene rings is 1. The molecule has 0 saturated heterocycles. The molecule has 0 aromatic heterocycles. The summed E-state index contributed by atoms with van der Waals surface area (Å²) in [6.07, 6.45) is -0.676. The van der Waals surface area contributed by atoms with Gasteiger partial charge in [-0.05, 0) is 33.3 Å². The fraction of sp³-hybridized carbons (Fsp3) is 0.500. The maximum Gasteiger partial charge on any atom is 0.414 e. The Labute approximate surface area is 126 Å². The highest BCUT2D eigenvalue weighted by Crippen LogP contribution is 2.09. The Morgan fingerprint density at radius 1 is 1.24 bits per heavy atom. The van der Waals surface area contributed by atoms with E-state index in [1.165, 1.54) is 16.7 Å². The van der Waals surface area contributed by atoms with E-state index in [4.69, 9.17) is 4.74 Å². The van der Waals surface area contributed by atoms with Gasteiger partial charge in [-0.3, -0.25) is 10.1 Å². The van der Waals surface area contributed by atoms with Crippen LogP contribution >= 0.6 is 0 Å². The average Bonchev–Trinajstić information content (AvgIpc) is 2.42. The van der Waals surface area contributed by atoms with Crippen LogP contribution in [0.25, 0.3) is 0 Å². The lowest BCUT2D eigenvalue weighted by molar-refractivity contribution is -0.904. The van der Waals surface area contributed by atoms with Gasteiger partial charge in [0.15, 0.2) is 6.54 Å². The molecular formula is C16H25N2O3+. The van der Waals surface area contributed by atoms with Gasteiger partial charge in [0.05, 0.1) is 13.2 Å². The fourth-order valence-corrected chi connectivity index (χ4v) is 2.12. The van der Waals surface area contributed by atoms with E-state index in [1.807, 2.05) is 6.92 Å². The van der Waals surface area contributed by atoms with Gasteiger partial charge in [0.1, 0.15) is 6.54 Å². The molecule has 2 amide bonds. The molecule has 1 rings (SSSR count). The van der Waals surface area contributed by atoms with Crippen molar-refractivity contribution in [2.75, 3.05) is 19.7 Å². The van der Waals surface area contributed by atoms with Crippen LogP contribution in [0.15, 0.2) is 18.2 Å². The van der Waals surface area contributed by atoms with Crippen molar-refractivity contribution in [3.8, 4) is 0 Å². The normalized spacial score (nSPS) is 11.8. The third kappa shape index (κ3) is 5.95. The number of carbonyl (C=O) groups is 2. The summed E-state index contributed by atoms with van der Waals surface area (Å²) in [7, 11) is 0. The summed E-state index contributed by atoms with van der Waals surface area (Å²) in [5.74, 6) is -0.310. The zero-order valence-corrected chi connectivity index (χ0v) is 13.3. The molecule has 0 saturated carbocycles. The lowest BCUT2D eigenvalue weighted by Crippen LogP contribution is -3.11. The van der Waals surface area contributed by atoms with Gasteiger partial charge in [0, 0.05) is 5.56 Å². The van der Waals surface area contributed by atoms with Gasteiger partial charge in [0.25, 0.3) is 5.91 Å². The molecule has 1 atom stereocenters. The lowest BCUT2D eigenvalue weighted by Gasteiger charge is -2.18. The Balaban J connectivity index is 2.61. The second-order valence-electron chi connectivity index (χ2n) is 5.16. The highest BCUT2D eigenvalue weighted by Gasteiger charge is 2.16. The van der Waals surface area contributed by atoms with Crippen molar-refractivity contribution in [1.29, 1.82) is 0 Å². The SMILES string of the molecule is CCOC(=O)NC(=O)C[NH+](CC)Cc1cc(C)ccc1C. The number of nitrogens with one attached hydrogen (secondary N) is 2. The van der Waals surface area contributed by atoms with E-state index in [2.05, 4.69) is 37.4 Å². The van der Waals surface area contributed by atoms with Gasteiger partial charge in [0.2, 0.25) is 0 Å². The predicted molar refractivity (Wildman–Crippen MR) is 81.2 cm³/mol. The Morgan fingerprint density at radius 2 is 1.95 bits per heavy atom. The molecule has 21 heavy (non-hydrogen) atoms. The predicted octanol–water partition coefficient (Wildman–Crippen LogP) is 0.981. The lowest BCUT2D eigenvalue weighted by atomic mass is 10.1. The highest BCUT2D eigenvalue weighted by atomic mass is 16.5. The number of rotatable bonds is 6. The zero-order chi connectivity index (χ0) is 15.8. The third-order valence-electron chi connectivity index (χ3n) is 3.37. The van der Waals surface area contributed by atoms with Crippen LogP contribution in [0.2, 0.25) is 0 Å². The van der Waals surface area contributed by atoms with E-state index in [0.29, 0.717) is 0 Å². The first-order valence-electron chi connectivity index (χ1n) is 7.32. The van der Waals surface area contributed by atoms with Crippen molar-refractivity contribution in [3.05, 3.63) is 34.9 Å². The molecule has 0 aliphatic carbocycles. The van der Waals surface area contributed by atoms with Gasteiger partial charge in [-0.1, -0.05) is 23.8 Å². The van der Waals surface area contributed by atoms with E-state index in [-0.39, 0.29) is 19.1 Å². The number of amides is 2. The highest BCUT2D eigenvalue weighted by molar-refractivity contribution is 5.92. The van der Waals surface area contributed by atoms with Gasteiger partial charge < -0.3 is 9.64 Å². The first-order chi connectivity index (χ1) is 9.96. The monoisotopic (exact) mass is 293 g/mol. The second kappa shape index (κ2) is 8.42. The number of hydrogen-bond acceptors (Lipinski definition) is 3. The van der Waals surface area contributed by atoms with E-state index < -0.39 is 6.09 Å². The van der Waals surface area contributed by atoms with Gasteiger partial charge in [-0.15, -0.1) is 0 Å². The Kier molecular flexibility index (Phi) is 6.88. The molecule has 1 aromatic carbocycles. The van der Waals surface area contributed by atoms with Crippen LogP contribution in [-0.4, -0.2) is 31.7 Å². The largest absolute Gasteiger partial charge is 0.450 e. The molecule has 0 heterocycles. The minimum absolute atomic E-state index is 0.253. The van der Waals surface area contributed by atoms with Crippen LogP contribution in [0, 0.1) is 13.8 Å². The quantitative estimate of drug-likeness (QED) is 0.822. The summed E-state index contributed by atoms with van der Waals surface area (Å²) in [6, 6.07) is 6.32. The minimum Gasteiger partial charge on any atom is -0.450 e. The van der Waals surface area contributed by atoms with E-state index in [0.717, 1.165) is 18.0 Å². The molecule has 0 spiro atoms. The molecule has 0 fully saturated rings. The molecule has 0 aliphatic rings. The molecule has 116 valence electrons. The summed E-state index contributed by atoms with van der Waals surface area (Å²) in [5, 5.41) is 2.24. The Morgan fingerprint density at radius 3 is 2.57 bits per heavy atom. The molecule has 0 bridgehead atoms. The summed E-state index contributed by atoms with van der Waals surface area (Å²) < 4.78 is 4.70. The first-order valence-corrected chi connectivity index (χ1v) is 7.32. The number of carbonyl (C=O) groups excluding carboxylic acids is 2. The molecule has 1 unspecified atom stereocenters. The Bertz CT molecular complexity index is 500. The number of hydrogen-bond donors (Lipinski definition) is 2. The number of likely N-dealkylation sites (N-methyl/N-ethyl adjacent to an activating group) is 1. The fourth-order valence-electron chi connectivity index (χ4n) is 2.12. The number of alkyl carbamates (subject to hydrolysis) is 1. The summed E-state index contributed by atoms with van der Waals surface area (Å²) >= 11 is 0. The van der Waals surface area contributed by atoms with Crippen LogP contribution in [-0.2, 0) is 16.1 Å². The van der Waals surface area contributed by atoms with E-state index in [1.54, 1.807) is 6.92 Å². The molecule has 2 N–H and O–H groups in total. The number of quaternary nitrogens is 1. The number of imide groups is 1. The van der Waals surface area contributed by atoms with Gasteiger partial charge in [-0.25, -0.2) is 4.79 Å². The number of aryl methyl sites for hydroxylation is 2. The summed E-state index contributed by atoms with van der Waals surface area (Å²) in [6.45, 7) is 9.94. The Hall–Kier alpha value is -1.88. The molecular weight excluding hydrogens is 268 g/mol. The molecule has 1 aromatic rings. The van der Waals surface area contributed by atoms with Crippen molar-refractivity contribution >= 4 is 12.0 Å². The average molecular weight is 293 g/mol. The maximum atomic E-state index is 11.8. The van der Waals surface area contributed by atoms with Gasteiger partial charge >= 0.3 is 6.09 Å². The molecule has 0 radical (unpaired) electrons. The van der Waals surface area contributed by atoms with Crippen molar-refractivity contribution in [3.63, 3.8) is 0 Å². The molecule has 5 heteroatoms. The van der Waals surface area contributed by atoms with Crippen molar-refractivity contribution < 1.29 is 19.2 Å². The summed E-state index contributed by atoms with van der Waals surface area (Å²) in [4.78, 5) is 24.1. The molecule has 0 aliphatic heterocycles. The zero-order valence-electron chi connectivity index (χ0n) is 13.3. The van der Waals surface area contributed by atoms with E-state index >= 15 is 0 Å². The van der Waals surface area contributed by atoms with Crippen LogP contribution in [0.3, 0.4) is 0 Å². The van der Waals surface area contributed by atoms with Crippen LogP contribution in [0.4, 0.5) is 4.79 Å². The van der Waals surface area contributed by atoms with Crippen LogP contribution in [0.5, 0.6) is 0 Å². The van der Waals surface area contributed by atoms with Crippen LogP contribution in [0.1, 0.15) is 30.5 Å².